The number of hydrogen-bond donors (Lipinski definition) is 1. The van der Waals surface area contributed by atoms with Gasteiger partial charge < -0.3 is 9.84 Å². The van der Waals surface area contributed by atoms with E-state index in [0.29, 0.717) is 12.2 Å². The Labute approximate surface area is 97.2 Å². The van der Waals surface area contributed by atoms with Crippen molar-refractivity contribution in [3.05, 3.63) is 29.8 Å². The van der Waals surface area contributed by atoms with Gasteiger partial charge in [0.05, 0.1) is 6.61 Å². The first-order valence-corrected chi connectivity index (χ1v) is 5.64. The lowest BCUT2D eigenvalue weighted by atomic mass is 10.2. The van der Waals surface area contributed by atoms with Gasteiger partial charge in [-0.3, -0.25) is 4.79 Å². The Kier molecular flexibility index (Phi) is 4.78. The standard InChI is InChI=1S/C11H13BrO3/c1-2-10(12)11(14)15-9-5-3-8(7-13)4-6-9/h3-6,10,13H,2,7H2,1H3. The largest absolute Gasteiger partial charge is 0.426 e. The van der Waals surface area contributed by atoms with Gasteiger partial charge in [0.15, 0.2) is 0 Å². The molecule has 0 saturated heterocycles. The van der Waals surface area contributed by atoms with Crippen LogP contribution in [0.1, 0.15) is 18.9 Å². The molecule has 1 aromatic carbocycles. The third-order valence-electron chi connectivity index (χ3n) is 1.94. The Morgan fingerprint density at radius 2 is 2.07 bits per heavy atom. The summed E-state index contributed by atoms with van der Waals surface area (Å²) in [5.41, 5.74) is 0.792. The maximum Gasteiger partial charge on any atom is 0.325 e. The molecule has 1 rings (SSSR count). The third kappa shape index (κ3) is 3.64. The Morgan fingerprint density at radius 1 is 1.47 bits per heavy atom. The van der Waals surface area contributed by atoms with Crippen molar-refractivity contribution in [3.63, 3.8) is 0 Å². The average Bonchev–Trinajstić information content (AvgIpc) is 2.29. The van der Waals surface area contributed by atoms with Crippen molar-refractivity contribution in [2.75, 3.05) is 0 Å². The molecule has 0 heterocycles. The van der Waals surface area contributed by atoms with Crippen LogP contribution in [-0.4, -0.2) is 15.9 Å². The lowest BCUT2D eigenvalue weighted by Crippen LogP contribution is -2.19. The van der Waals surface area contributed by atoms with E-state index in [0.717, 1.165) is 5.56 Å². The van der Waals surface area contributed by atoms with Gasteiger partial charge in [0.1, 0.15) is 10.6 Å². The zero-order valence-electron chi connectivity index (χ0n) is 8.44. The molecule has 0 spiro atoms. The van der Waals surface area contributed by atoms with Gasteiger partial charge in [0.2, 0.25) is 0 Å². The summed E-state index contributed by atoms with van der Waals surface area (Å²) in [7, 11) is 0. The number of esters is 1. The van der Waals surface area contributed by atoms with Crippen molar-refractivity contribution < 1.29 is 14.6 Å². The summed E-state index contributed by atoms with van der Waals surface area (Å²) < 4.78 is 5.10. The highest BCUT2D eigenvalue weighted by molar-refractivity contribution is 9.10. The van der Waals surface area contributed by atoms with Crippen LogP contribution in [0.5, 0.6) is 5.75 Å². The zero-order chi connectivity index (χ0) is 11.3. The number of benzene rings is 1. The van der Waals surface area contributed by atoms with Crippen LogP contribution in [0.3, 0.4) is 0 Å². The molecule has 0 saturated carbocycles. The van der Waals surface area contributed by atoms with Crippen LogP contribution in [0.2, 0.25) is 0 Å². The van der Waals surface area contributed by atoms with Crippen molar-refractivity contribution >= 4 is 21.9 Å². The number of carbonyl (C=O) groups is 1. The van der Waals surface area contributed by atoms with E-state index in [2.05, 4.69) is 15.9 Å². The number of aliphatic hydroxyl groups is 1. The minimum atomic E-state index is -0.297. The Bertz CT molecular complexity index is 321. The Balaban J connectivity index is 2.61. The van der Waals surface area contributed by atoms with Crippen LogP contribution in [-0.2, 0) is 11.4 Å². The minimum absolute atomic E-state index is 0.00967. The highest BCUT2D eigenvalue weighted by atomic mass is 79.9. The van der Waals surface area contributed by atoms with Crippen LogP contribution in [0, 0.1) is 0 Å². The van der Waals surface area contributed by atoms with Gasteiger partial charge in [-0.25, -0.2) is 0 Å². The number of carbonyl (C=O) groups excluding carboxylic acids is 1. The van der Waals surface area contributed by atoms with Gasteiger partial charge in [-0.2, -0.15) is 0 Å². The van der Waals surface area contributed by atoms with Gasteiger partial charge in [-0.15, -0.1) is 0 Å². The lowest BCUT2D eigenvalue weighted by molar-refractivity contribution is -0.133. The average molecular weight is 273 g/mol. The van der Waals surface area contributed by atoms with Crippen LogP contribution >= 0.6 is 15.9 Å². The van der Waals surface area contributed by atoms with Crippen LogP contribution < -0.4 is 4.74 Å². The predicted octanol–water partition coefficient (Wildman–Crippen LogP) is 2.26. The first-order valence-electron chi connectivity index (χ1n) is 4.73. The maximum absolute atomic E-state index is 11.4. The molecule has 4 heteroatoms. The molecule has 0 fully saturated rings. The van der Waals surface area contributed by atoms with Gasteiger partial charge in [0.25, 0.3) is 0 Å². The molecule has 3 nitrogen and oxygen atoms in total. The molecular formula is C11H13BrO3. The molecule has 1 unspecified atom stereocenters. The van der Waals surface area contributed by atoms with E-state index in [4.69, 9.17) is 9.84 Å². The second-order valence-electron chi connectivity index (χ2n) is 3.10. The van der Waals surface area contributed by atoms with E-state index >= 15 is 0 Å². The molecular weight excluding hydrogens is 260 g/mol. The number of rotatable bonds is 4. The molecule has 0 aromatic heterocycles. The summed E-state index contributed by atoms with van der Waals surface area (Å²) in [6.45, 7) is 1.89. The van der Waals surface area contributed by atoms with Crippen LogP contribution in [0.25, 0.3) is 0 Å². The fourth-order valence-corrected chi connectivity index (χ4v) is 1.10. The first-order chi connectivity index (χ1) is 7.17. The second-order valence-corrected chi connectivity index (χ2v) is 4.20. The second kappa shape index (κ2) is 5.88. The number of ether oxygens (including phenoxy) is 1. The number of aliphatic hydroxyl groups excluding tert-OH is 1. The van der Waals surface area contributed by atoms with Gasteiger partial charge in [-0.1, -0.05) is 35.0 Å². The van der Waals surface area contributed by atoms with Crippen molar-refractivity contribution in [2.24, 2.45) is 0 Å². The van der Waals surface area contributed by atoms with E-state index in [1.807, 2.05) is 6.92 Å². The molecule has 0 radical (unpaired) electrons. The molecule has 82 valence electrons. The summed E-state index contributed by atoms with van der Waals surface area (Å²) in [6.07, 6.45) is 0.688. The molecule has 15 heavy (non-hydrogen) atoms. The van der Waals surface area contributed by atoms with Gasteiger partial charge >= 0.3 is 5.97 Å². The van der Waals surface area contributed by atoms with Crippen molar-refractivity contribution in [2.45, 2.75) is 24.8 Å². The molecule has 1 aromatic rings. The number of alkyl halides is 1. The summed E-state index contributed by atoms with van der Waals surface area (Å²) in [6, 6.07) is 6.77. The van der Waals surface area contributed by atoms with E-state index in [1.54, 1.807) is 24.3 Å². The van der Waals surface area contributed by atoms with Crippen LogP contribution in [0.15, 0.2) is 24.3 Å². The van der Waals surface area contributed by atoms with Crippen molar-refractivity contribution in [3.8, 4) is 5.75 Å². The Hall–Kier alpha value is -0.870. The molecule has 0 aliphatic rings. The first kappa shape index (κ1) is 12.2. The van der Waals surface area contributed by atoms with E-state index in [1.165, 1.54) is 0 Å². The van der Waals surface area contributed by atoms with Gasteiger partial charge in [0, 0.05) is 0 Å². The topological polar surface area (TPSA) is 46.5 Å². The third-order valence-corrected chi connectivity index (χ3v) is 2.96. The smallest absolute Gasteiger partial charge is 0.325 e. The molecule has 1 N–H and O–H groups in total. The Morgan fingerprint density at radius 3 is 2.53 bits per heavy atom. The molecule has 0 amide bonds. The SMILES string of the molecule is CCC(Br)C(=O)Oc1ccc(CO)cc1. The minimum Gasteiger partial charge on any atom is -0.426 e. The maximum atomic E-state index is 11.4. The summed E-state index contributed by atoms with van der Waals surface area (Å²) in [5.74, 6) is 0.198. The van der Waals surface area contributed by atoms with E-state index in [9.17, 15) is 4.79 Å². The summed E-state index contributed by atoms with van der Waals surface area (Å²) >= 11 is 3.21. The summed E-state index contributed by atoms with van der Waals surface area (Å²) in [5, 5.41) is 8.82. The summed E-state index contributed by atoms with van der Waals surface area (Å²) in [4.78, 5) is 11.1. The normalized spacial score (nSPS) is 12.2. The van der Waals surface area contributed by atoms with Crippen LogP contribution in [0.4, 0.5) is 0 Å². The van der Waals surface area contributed by atoms with Gasteiger partial charge in [-0.05, 0) is 24.1 Å². The number of hydrogen-bond acceptors (Lipinski definition) is 3. The van der Waals surface area contributed by atoms with Crippen molar-refractivity contribution in [1.82, 2.24) is 0 Å². The fourth-order valence-electron chi connectivity index (χ4n) is 1.01. The lowest BCUT2D eigenvalue weighted by Gasteiger charge is -2.07. The molecule has 0 bridgehead atoms. The van der Waals surface area contributed by atoms with Crippen molar-refractivity contribution in [1.29, 1.82) is 0 Å². The highest BCUT2D eigenvalue weighted by Gasteiger charge is 2.14. The molecule has 0 aliphatic heterocycles. The predicted molar refractivity (Wildman–Crippen MR) is 61.0 cm³/mol. The van der Waals surface area contributed by atoms with E-state index < -0.39 is 0 Å². The highest BCUT2D eigenvalue weighted by Crippen LogP contribution is 2.15. The fraction of sp³-hybridized carbons (Fsp3) is 0.364. The monoisotopic (exact) mass is 272 g/mol. The zero-order valence-corrected chi connectivity index (χ0v) is 10.0. The quantitative estimate of drug-likeness (QED) is 0.520. The number of halogens is 1. The molecule has 0 aliphatic carbocycles. The molecule has 1 atom stereocenters. The van der Waals surface area contributed by atoms with E-state index in [-0.39, 0.29) is 17.4 Å².